The van der Waals surface area contributed by atoms with Crippen LogP contribution in [0.15, 0.2) is 30.3 Å². The van der Waals surface area contributed by atoms with Crippen LogP contribution < -0.4 is 0 Å². The Bertz CT molecular complexity index is 668. The molecule has 2 aromatic rings. The fourth-order valence-electron chi connectivity index (χ4n) is 2.90. The number of aryl methyl sites for hydroxylation is 3. The zero-order valence-corrected chi connectivity index (χ0v) is 13.8. The van der Waals surface area contributed by atoms with Gasteiger partial charge in [-0.15, -0.1) is 11.3 Å². The monoisotopic (exact) mass is 298 g/mol. The Balaban J connectivity index is 2.06. The Morgan fingerprint density at radius 1 is 1.24 bits per heavy atom. The summed E-state index contributed by atoms with van der Waals surface area (Å²) in [6.07, 6.45) is 5.67. The summed E-state index contributed by atoms with van der Waals surface area (Å²) < 4.78 is 0. The van der Waals surface area contributed by atoms with E-state index >= 15 is 0 Å². The molecule has 1 aliphatic carbocycles. The molecule has 0 radical (unpaired) electrons. The molecule has 0 amide bonds. The summed E-state index contributed by atoms with van der Waals surface area (Å²) in [6, 6.07) is 8.80. The van der Waals surface area contributed by atoms with Crippen molar-refractivity contribution in [2.75, 3.05) is 20.6 Å². The minimum Gasteiger partial charge on any atom is -0.309 e. The number of hydrogen-bond acceptors (Lipinski definition) is 3. The fourth-order valence-corrected chi connectivity index (χ4v) is 3.85. The summed E-state index contributed by atoms with van der Waals surface area (Å²) in [7, 11) is 4.25. The number of nitrogens with zero attached hydrogens (tertiary/aromatic N) is 2. The third-order valence-corrected chi connectivity index (χ3v) is 4.94. The Hall–Kier alpha value is -1.45. The molecule has 1 heterocycles. The highest BCUT2D eigenvalue weighted by atomic mass is 32.1. The van der Waals surface area contributed by atoms with Gasteiger partial charge in [0.25, 0.3) is 0 Å². The summed E-state index contributed by atoms with van der Waals surface area (Å²) in [5.41, 5.74) is 5.39. The van der Waals surface area contributed by atoms with E-state index in [0.29, 0.717) is 0 Å². The lowest BCUT2D eigenvalue weighted by molar-refractivity contribution is 0.417. The van der Waals surface area contributed by atoms with Gasteiger partial charge in [-0.3, -0.25) is 0 Å². The summed E-state index contributed by atoms with van der Waals surface area (Å²) >= 11 is 1.86. The predicted molar refractivity (Wildman–Crippen MR) is 91.0 cm³/mol. The topological polar surface area (TPSA) is 16.1 Å². The van der Waals surface area contributed by atoms with Crippen LogP contribution in [0.5, 0.6) is 0 Å². The molecule has 0 spiro atoms. The van der Waals surface area contributed by atoms with E-state index in [4.69, 9.17) is 4.98 Å². The number of rotatable bonds is 3. The van der Waals surface area contributed by atoms with Crippen LogP contribution in [-0.4, -0.2) is 30.5 Å². The minimum atomic E-state index is 1.06. The van der Waals surface area contributed by atoms with Crippen LogP contribution in [0.4, 0.5) is 0 Å². The highest BCUT2D eigenvalue weighted by Gasteiger charge is 2.20. The number of aromatic nitrogens is 1. The molecule has 3 rings (SSSR count). The molecule has 1 aliphatic rings. The van der Waals surface area contributed by atoms with Gasteiger partial charge in [-0.1, -0.05) is 30.3 Å². The molecule has 2 nitrogen and oxygen atoms in total. The summed E-state index contributed by atoms with van der Waals surface area (Å²) in [5, 5.41) is 1.18. The highest BCUT2D eigenvalue weighted by molar-refractivity contribution is 7.11. The van der Waals surface area contributed by atoms with Crippen LogP contribution >= 0.6 is 11.3 Å². The van der Waals surface area contributed by atoms with Gasteiger partial charge in [-0.25, -0.2) is 4.98 Å². The lowest BCUT2D eigenvalue weighted by atomic mass is 9.97. The van der Waals surface area contributed by atoms with Gasteiger partial charge in [0.05, 0.1) is 10.7 Å². The zero-order chi connectivity index (χ0) is 14.8. The van der Waals surface area contributed by atoms with E-state index in [2.05, 4.69) is 56.3 Å². The molecule has 0 saturated heterocycles. The van der Waals surface area contributed by atoms with E-state index < -0.39 is 0 Å². The molecule has 0 aliphatic heterocycles. The Morgan fingerprint density at radius 2 is 2.05 bits per heavy atom. The van der Waals surface area contributed by atoms with Gasteiger partial charge in [0.15, 0.2) is 0 Å². The Morgan fingerprint density at radius 3 is 2.86 bits per heavy atom. The van der Waals surface area contributed by atoms with Crippen molar-refractivity contribution < 1.29 is 0 Å². The van der Waals surface area contributed by atoms with Crippen LogP contribution in [-0.2, 0) is 12.8 Å². The molecule has 3 heteroatoms. The first-order chi connectivity index (χ1) is 10.1. The lowest BCUT2D eigenvalue weighted by Gasteiger charge is -2.11. The van der Waals surface area contributed by atoms with E-state index in [1.165, 1.54) is 32.3 Å². The van der Waals surface area contributed by atoms with Gasteiger partial charge < -0.3 is 4.90 Å². The Kier molecular flexibility index (Phi) is 4.22. The van der Waals surface area contributed by atoms with E-state index in [1.54, 1.807) is 0 Å². The first-order valence-corrected chi connectivity index (χ1v) is 8.36. The maximum absolute atomic E-state index is 4.83. The smallest absolute Gasteiger partial charge is 0.0904 e. The number of thiazole rings is 1. The van der Waals surface area contributed by atoms with Gasteiger partial charge >= 0.3 is 0 Å². The van der Waals surface area contributed by atoms with Gasteiger partial charge in [0, 0.05) is 17.0 Å². The van der Waals surface area contributed by atoms with Crippen LogP contribution in [0.2, 0.25) is 0 Å². The second-order valence-electron chi connectivity index (χ2n) is 5.87. The zero-order valence-electron chi connectivity index (χ0n) is 13.0. The molecule has 1 aromatic heterocycles. The van der Waals surface area contributed by atoms with Gasteiger partial charge in [0.2, 0.25) is 0 Å². The molecule has 0 unspecified atom stereocenters. The number of fused-ring (bicyclic) bond motifs is 2. The maximum Gasteiger partial charge on any atom is 0.0904 e. The molecule has 0 atom stereocenters. The van der Waals surface area contributed by atoms with Crippen LogP contribution in [0, 0.1) is 6.92 Å². The molecule has 0 N–H and O–H groups in total. The largest absolute Gasteiger partial charge is 0.309 e. The van der Waals surface area contributed by atoms with Crippen molar-refractivity contribution in [3.8, 4) is 0 Å². The highest BCUT2D eigenvalue weighted by Crippen LogP contribution is 2.35. The van der Waals surface area contributed by atoms with Crippen molar-refractivity contribution in [2.24, 2.45) is 0 Å². The second-order valence-corrected chi connectivity index (χ2v) is 7.16. The first-order valence-electron chi connectivity index (χ1n) is 7.55. The van der Waals surface area contributed by atoms with Gasteiger partial charge in [-0.05, 0) is 51.4 Å². The van der Waals surface area contributed by atoms with Crippen molar-refractivity contribution in [2.45, 2.75) is 26.2 Å². The Labute approximate surface area is 131 Å². The first kappa shape index (κ1) is 14.5. The van der Waals surface area contributed by atoms with Crippen LogP contribution in [0.3, 0.4) is 0 Å². The molecular weight excluding hydrogens is 276 g/mol. The third-order valence-electron chi connectivity index (χ3n) is 3.91. The van der Waals surface area contributed by atoms with Gasteiger partial charge in [-0.2, -0.15) is 0 Å². The SMILES string of the molecule is Cc1nc2c(s1)CCc1ccccc1/C2=C/CCN(C)C. The maximum atomic E-state index is 4.83. The predicted octanol–water partition coefficient (Wildman–Crippen LogP) is 3.93. The molecule has 21 heavy (non-hydrogen) atoms. The molecule has 0 saturated carbocycles. The standard InChI is InChI=1S/C18H22N2S/c1-13-19-18-16(9-6-12-20(2)3)15-8-5-4-7-14(15)10-11-17(18)21-13/h4-5,7-9H,6,10-12H2,1-3H3/b16-9-. The number of hydrogen-bond donors (Lipinski definition) is 0. The average molecular weight is 298 g/mol. The summed E-state index contributed by atoms with van der Waals surface area (Å²) in [5.74, 6) is 0. The fraction of sp³-hybridized carbons (Fsp3) is 0.389. The summed E-state index contributed by atoms with van der Waals surface area (Å²) in [6.45, 7) is 3.19. The lowest BCUT2D eigenvalue weighted by Crippen LogP contribution is -2.12. The van der Waals surface area contributed by atoms with Crippen LogP contribution in [0.1, 0.15) is 33.1 Å². The minimum absolute atomic E-state index is 1.06. The molecule has 0 fully saturated rings. The van der Waals surface area contributed by atoms with Crippen molar-refractivity contribution in [3.63, 3.8) is 0 Å². The van der Waals surface area contributed by atoms with E-state index in [9.17, 15) is 0 Å². The third kappa shape index (κ3) is 3.09. The molecule has 110 valence electrons. The molecular formula is C18H22N2S. The van der Waals surface area contributed by atoms with Crippen LogP contribution in [0.25, 0.3) is 5.57 Å². The average Bonchev–Trinajstić information content (AvgIpc) is 2.76. The summed E-state index contributed by atoms with van der Waals surface area (Å²) in [4.78, 5) is 8.50. The van der Waals surface area contributed by atoms with Crippen molar-refractivity contribution in [3.05, 3.63) is 57.0 Å². The molecule has 0 bridgehead atoms. The normalized spacial score (nSPS) is 15.9. The van der Waals surface area contributed by atoms with E-state index in [1.807, 2.05) is 11.3 Å². The quantitative estimate of drug-likeness (QED) is 0.853. The van der Waals surface area contributed by atoms with Crippen molar-refractivity contribution >= 4 is 16.9 Å². The second kappa shape index (κ2) is 6.12. The molecule has 1 aromatic carbocycles. The number of benzene rings is 1. The van der Waals surface area contributed by atoms with Crippen molar-refractivity contribution in [1.82, 2.24) is 9.88 Å². The van der Waals surface area contributed by atoms with Gasteiger partial charge in [0.1, 0.15) is 0 Å². The van der Waals surface area contributed by atoms with Crippen molar-refractivity contribution in [1.29, 1.82) is 0 Å². The van der Waals surface area contributed by atoms with E-state index in [-0.39, 0.29) is 0 Å². The van der Waals surface area contributed by atoms with E-state index in [0.717, 1.165) is 25.8 Å².